The third-order valence-corrected chi connectivity index (χ3v) is 8.81. The van der Waals surface area contributed by atoms with Crippen LogP contribution >= 0.6 is 0 Å². The van der Waals surface area contributed by atoms with E-state index in [1.807, 2.05) is 6.92 Å². The highest BCUT2D eigenvalue weighted by atomic mass is 16.5. The van der Waals surface area contributed by atoms with E-state index in [1.54, 1.807) is 0 Å². The van der Waals surface area contributed by atoms with E-state index in [0.29, 0.717) is 32.3 Å². The number of hydrogen-bond donors (Lipinski definition) is 2. The van der Waals surface area contributed by atoms with Crippen molar-refractivity contribution in [3.05, 3.63) is 12.2 Å². The standard InChI is InChI=1S/C20H26O5/c1-10-7-20-8-11(10)12(21)6-13(20)19-5-3-4-18(2,17(24)25-9-19)15(19)14(20)16(22)23/h11-15,21H,1,3-9H2,2H3,(H,22,23)/t11-,12+,13+,14-,15+,18-,19-,20+/m1/s1. The zero-order chi connectivity index (χ0) is 17.8. The van der Waals surface area contributed by atoms with Crippen molar-refractivity contribution in [2.24, 2.45) is 39.9 Å². The number of rotatable bonds is 1. The van der Waals surface area contributed by atoms with Gasteiger partial charge in [-0.15, -0.1) is 0 Å². The first-order valence-electron chi connectivity index (χ1n) is 9.52. The van der Waals surface area contributed by atoms with Crippen molar-refractivity contribution >= 4 is 11.9 Å². The predicted molar refractivity (Wildman–Crippen MR) is 88.4 cm³/mol. The Morgan fingerprint density at radius 2 is 2.08 bits per heavy atom. The van der Waals surface area contributed by atoms with Gasteiger partial charge in [-0.25, -0.2) is 0 Å². The number of cyclic esters (lactones) is 1. The predicted octanol–water partition coefficient (Wildman–Crippen LogP) is 2.38. The van der Waals surface area contributed by atoms with Crippen LogP contribution in [0.3, 0.4) is 0 Å². The van der Waals surface area contributed by atoms with Crippen molar-refractivity contribution in [3.8, 4) is 0 Å². The van der Waals surface area contributed by atoms with Gasteiger partial charge in [0.1, 0.15) is 0 Å². The van der Waals surface area contributed by atoms with Gasteiger partial charge in [0.05, 0.1) is 24.0 Å². The van der Waals surface area contributed by atoms with Gasteiger partial charge in [-0.3, -0.25) is 9.59 Å². The molecule has 4 aliphatic carbocycles. The highest BCUT2D eigenvalue weighted by molar-refractivity contribution is 5.82. The summed E-state index contributed by atoms with van der Waals surface area (Å²) in [5.74, 6) is -1.60. The summed E-state index contributed by atoms with van der Waals surface area (Å²) in [6.45, 7) is 6.43. The smallest absolute Gasteiger partial charge is 0.312 e. The number of hydrogen-bond acceptors (Lipinski definition) is 4. The summed E-state index contributed by atoms with van der Waals surface area (Å²) >= 11 is 0. The van der Waals surface area contributed by atoms with Gasteiger partial charge < -0.3 is 14.9 Å². The lowest BCUT2D eigenvalue weighted by Gasteiger charge is -2.55. The number of ether oxygens (including phenoxy) is 1. The van der Waals surface area contributed by atoms with E-state index >= 15 is 0 Å². The molecule has 1 saturated heterocycles. The molecular weight excluding hydrogens is 320 g/mol. The summed E-state index contributed by atoms with van der Waals surface area (Å²) in [5, 5.41) is 21.0. The van der Waals surface area contributed by atoms with Crippen molar-refractivity contribution in [2.45, 2.75) is 51.6 Å². The molecule has 4 saturated carbocycles. The van der Waals surface area contributed by atoms with Gasteiger partial charge in [-0.1, -0.05) is 18.6 Å². The Labute approximate surface area is 147 Å². The molecule has 1 spiro atoms. The summed E-state index contributed by atoms with van der Waals surface area (Å²) < 4.78 is 5.66. The molecule has 0 amide bonds. The number of carbonyl (C=O) groups excluding carboxylic acids is 1. The zero-order valence-corrected chi connectivity index (χ0v) is 14.7. The summed E-state index contributed by atoms with van der Waals surface area (Å²) in [7, 11) is 0. The van der Waals surface area contributed by atoms with Crippen molar-refractivity contribution in [3.63, 3.8) is 0 Å². The normalized spacial score (nSPS) is 56.2. The second-order valence-corrected chi connectivity index (χ2v) is 9.61. The van der Waals surface area contributed by atoms with Gasteiger partial charge >= 0.3 is 11.9 Å². The molecule has 2 N–H and O–H groups in total. The van der Waals surface area contributed by atoms with Crippen LogP contribution in [-0.2, 0) is 14.3 Å². The summed E-state index contributed by atoms with van der Waals surface area (Å²) in [5.41, 5.74) is -0.364. The van der Waals surface area contributed by atoms with Crippen LogP contribution in [0.4, 0.5) is 0 Å². The van der Waals surface area contributed by atoms with E-state index in [0.717, 1.165) is 18.4 Å². The average Bonchev–Trinajstić information content (AvgIpc) is 2.97. The fourth-order valence-corrected chi connectivity index (χ4v) is 8.15. The van der Waals surface area contributed by atoms with Gasteiger partial charge in [-0.2, -0.15) is 0 Å². The molecule has 25 heavy (non-hydrogen) atoms. The highest BCUT2D eigenvalue weighted by Crippen LogP contribution is 2.78. The van der Waals surface area contributed by atoms with Gasteiger partial charge in [0.15, 0.2) is 0 Å². The number of esters is 1. The van der Waals surface area contributed by atoms with Crippen LogP contribution in [0.2, 0.25) is 0 Å². The van der Waals surface area contributed by atoms with E-state index < -0.39 is 23.4 Å². The molecule has 8 atom stereocenters. The van der Waals surface area contributed by atoms with Crippen molar-refractivity contribution in [1.82, 2.24) is 0 Å². The van der Waals surface area contributed by atoms with Crippen molar-refractivity contribution < 1.29 is 24.5 Å². The van der Waals surface area contributed by atoms with E-state index in [-0.39, 0.29) is 34.6 Å². The van der Waals surface area contributed by atoms with Crippen molar-refractivity contribution in [1.29, 1.82) is 0 Å². The molecule has 5 nitrogen and oxygen atoms in total. The molecule has 0 unspecified atom stereocenters. The Morgan fingerprint density at radius 3 is 2.80 bits per heavy atom. The minimum absolute atomic E-state index is 0.0129. The van der Waals surface area contributed by atoms with Crippen LogP contribution in [0.25, 0.3) is 0 Å². The molecule has 1 aliphatic heterocycles. The maximum absolute atomic E-state index is 12.7. The number of aliphatic hydroxyl groups excluding tert-OH is 1. The van der Waals surface area contributed by atoms with E-state index in [9.17, 15) is 19.8 Å². The van der Waals surface area contributed by atoms with Gasteiger partial charge in [0.25, 0.3) is 0 Å². The fourth-order valence-electron chi connectivity index (χ4n) is 8.15. The minimum atomic E-state index is -0.774. The number of carboxylic acid groups (broad SMARTS) is 1. The maximum Gasteiger partial charge on any atom is 0.312 e. The fraction of sp³-hybridized carbons (Fsp3) is 0.800. The number of fused-ring (bicyclic) bond motifs is 1. The molecule has 0 aromatic heterocycles. The molecule has 5 rings (SSSR count). The molecule has 5 fully saturated rings. The molecule has 0 aromatic carbocycles. The number of aliphatic carboxylic acids is 1. The van der Waals surface area contributed by atoms with Crippen LogP contribution in [0.15, 0.2) is 12.2 Å². The van der Waals surface area contributed by atoms with Gasteiger partial charge in [0, 0.05) is 11.3 Å². The third-order valence-electron chi connectivity index (χ3n) is 8.81. The first-order valence-corrected chi connectivity index (χ1v) is 9.52. The Morgan fingerprint density at radius 1 is 1.32 bits per heavy atom. The van der Waals surface area contributed by atoms with Gasteiger partial charge in [0.2, 0.25) is 0 Å². The summed E-state index contributed by atoms with van der Waals surface area (Å²) in [4.78, 5) is 25.2. The monoisotopic (exact) mass is 346 g/mol. The Bertz CT molecular complexity index is 700. The molecule has 0 aromatic rings. The molecular formula is C20H26O5. The van der Waals surface area contributed by atoms with E-state index in [1.165, 1.54) is 0 Å². The first-order chi connectivity index (χ1) is 11.8. The summed E-state index contributed by atoms with van der Waals surface area (Å²) in [6, 6.07) is 0. The average molecular weight is 346 g/mol. The lowest BCUT2D eigenvalue weighted by atomic mass is 9.51. The first kappa shape index (κ1) is 15.9. The Hall–Kier alpha value is -1.36. The molecule has 5 heteroatoms. The van der Waals surface area contributed by atoms with Crippen LogP contribution in [0.1, 0.15) is 45.4 Å². The zero-order valence-electron chi connectivity index (χ0n) is 14.7. The van der Waals surface area contributed by atoms with Gasteiger partial charge in [-0.05, 0) is 56.3 Å². The van der Waals surface area contributed by atoms with E-state index in [4.69, 9.17) is 4.74 Å². The Balaban J connectivity index is 1.75. The largest absolute Gasteiger partial charge is 0.481 e. The molecule has 136 valence electrons. The number of carbonyl (C=O) groups is 2. The molecule has 1 heterocycles. The van der Waals surface area contributed by atoms with Crippen molar-refractivity contribution in [2.75, 3.05) is 6.61 Å². The quantitative estimate of drug-likeness (QED) is 0.563. The number of carboxylic acids is 1. The summed E-state index contributed by atoms with van der Waals surface area (Å²) in [6.07, 6.45) is 4.11. The molecule has 5 aliphatic rings. The van der Waals surface area contributed by atoms with Crippen LogP contribution in [-0.4, -0.2) is 34.9 Å². The highest BCUT2D eigenvalue weighted by Gasteiger charge is 2.79. The van der Waals surface area contributed by atoms with Crippen LogP contribution in [0, 0.1) is 39.9 Å². The third kappa shape index (κ3) is 1.56. The number of aliphatic hydroxyl groups is 1. The molecule has 0 radical (unpaired) electrons. The SMILES string of the molecule is C=C1C[C@]23C[C@H]1[C@@H](O)C[C@H]2[C@@]12CCC[C@@](C)(C(=O)OC1)[C@@H]2[C@@H]3C(=O)O. The maximum atomic E-state index is 12.7. The van der Waals surface area contributed by atoms with E-state index in [2.05, 4.69) is 6.58 Å². The molecule has 4 bridgehead atoms. The second kappa shape index (κ2) is 4.48. The lowest BCUT2D eigenvalue weighted by molar-refractivity contribution is -0.201. The second-order valence-electron chi connectivity index (χ2n) is 9.61. The topological polar surface area (TPSA) is 83.8 Å². The van der Waals surface area contributed by atoms with Crippen LogP contribution < -0.4 is 0 Å². The lowest BCUT2D eigenvalue weighted by Crippen LogP contribution is -2.58. The minimum Gasteiger partial charge on any atom is -0.481 e. The Kier molecular flexibility index (Phi) is 2.84. The van der Waals surface area contributed by atoms with Crippen LogP contribution in [0.5, 0.6) is 0 Å².